The Hall–Kier alpha value is -2.06. The highest BCUT2D eigenvalue weighted by molar-refractivity contribution is 7.19. The van der Waals surface area contributed by atoms with Gasteiger partial charge in [-0.1, -0.05) is 24.3 Å². The molecule has 1 aliphatic heterocycles. The van der Waals surface area contributed by atoms with Crippen LogP contribution in [0.15, 0.2) is 24.3 Å². The minimum Gasteiger partial charge on any atom is -0.379 e. The number of anilines is 1. The highest BCUT2D eigenvalue weighted by Crippen LogP contribution is 2.39. The standard InChI is InChI=1S/C24H31N5OS/c1-28(2)15-18-7-4-3-6-17(18)14-25-23-22-19-8-5-9-20(19)31-24(22)27-21(26-23)16-29-10-12-30-13-11-29/h3-4,6-7H,5,8-16H2,1-2H3,(H,25,26,27). The normalized spacial score (nSPS) is 16.9. The third-order valence-corrected chi connectivity index (χ3v) is 7.32. The lowest BCUT2D eigenvalue weighted by atomic mass is 10.1. The molecule has 0 saturated carbocycles. The molecule has 2 aliphatic rings. The molecule has 164 valence electrons. The summed E-state index contributed by atoms with van der Waals surface area (Å²) < 4.78 is 5.50. The van der Waals surface area contributed by atoms with Crippen LogP contribution >= 0.6 is 11.3 Å². The van der Waals surface area contributed by atoms with Gasteiger partial charge in [-0.3, -0.25) is 4.90 Å². The predicted molar refractivity (Wildman–Crippen MR) is 127 cm³/mol. The Bertz CT molecular complexity index is 1060. The van der Waals surface area contributed by atoms with E-state index in [1.54, 1.807) is 0 Å². The first kappa shape index (κ1) is 20.8. The summed E-state index contributed by atoms with van der Waals surface area (Å²) in [5.41, 5.74) is 4.15. The molecule has 1 saturated heterocycles. The van der Waals surface area contributed by atoms with Gasteiger partial charge in [0, 0.05) is 31.1 Å². The van der Waals surface area contributed by atoms with Crippen molar-refractivity contribution in [2.75, 3.05) is 45.7 Å². The molecule has 0 bridgehead atoms. The van der Waals surface area contributed by atoms with Crippen molar-refractivity contribution in [3.05, 3.63) is 51.7 Å². The smallest absolute Gasteiger partial charge is 0.146 e. The van der Waals surface area contributed by atoms with Crippen LogP contribution in [0, 0.1) is 0 Å². The van der Waals surface area contributed by atoms with Gasteiger partial charge in [0.1, 0.15) is 16.5 Å². The highest BCUT2D eigenvalue weighted by Gasteiger charge is 2.23. The highest BCUT2D eigenvalue weighted by atomic mass is 32.1. The van der Waals surface area contributed by atoms with Crippen molar-refractivity contribution < 1.29 is 4.74 Å². The van der Waals surface area contributed by atoms with Crippen LogP contribution in [0.3, 0.4) is 0 Å². The predicted octanol–water partition coefficient (Wildman–Crippen LogP) is 3.69. The number of rotatable bonds is 7. The van der Waals surface area contributed by atoms with E-state index in [1.165, 1.54) is 39.8 Å². The van der Waals surface area contributed by atoms with Gasteiger partial charge >= 0.3 is 0 Å². The molecule has 3 heterocycles. The second-order valence-corrected chi connectivity index (χ2v) is 9.86. The van der Waals surface area contributed by atoms with E-state index in [0.717, 1.165) is 68.8 Å². The molecule has 0 atom stereocenters. The van der Waals surface area contributed by atoms with E-state index in [1.807, 2.05) is 11.3 Å². The molecule has 31 heavy (non-hydrogen) atoms. The van der Waals surface area contributed by atoms with Gasteiger partial charge in [0.05, 0.1) is 25.1 Å². The second kappa shape index (κ2) is 9.20. The lowest BCUT2D eigenvalue weighted by molar-refractivity contribution is 0.0331. The minimum absolute atomic E-state index is 0.776. The van der Waals surface area contributed by atoms with Crippen LogP contribution in [-0.2, 0) is 37.2 Å². The second-order valence-electron chi connectivity index (χ2n) is 8.77. The SMILES string of the molecule is CN(C)Cc1ccccc1CNc1nc(CN2CCOCC2)nc2sc3c(c12)CCC3. The molecule has 1 aromatic carbocycles. The minimum atomic E-state index is 0.776. The zero-order chi connectivity index (χ0) is 21.2. The number of fused-ring (bicyclic) bond motifs is 3. The third-order valence-electron chi connectivity index (χ3n) is 6.13. The fraction of sp³-hybridized carbons (Fsp3) is 0.500. The van der Waals surface area contributed by atoms with Gasteiger partial charge in [-0.05, 0) is 50.0 Å². The summed E-state index contributed by atoms with van der Waals surface area (Å²) in [5.74, 6) is 1.92. The Morgan fingerprint density at radius 3 is 2.71 bits per heavy atom. The van der Waals surface area contributed by atoms with Crippen LogP contribution in [0.25, 0.3) is 10.2 Å². The van der Waals surface area contributed by atoms with Crippen molar-refractivity contribution in [3.63, 3.8) is 0 Å². The van der Waals surface area contributed by atoms with Crippen LogP contribution in [0.2, 0.25) is 0 Å². The van der Waals surface area contributed by atoms with Gasteiger partial charge in [0.25, 0.3) is 0 Å². The zero-order valence-corrected chi connectivity index (χ0v) is 19.3. The van der Waals surface area contributed by atoms with Crippen molar-refractivity contribution in [2.24, 2.45) is 0 Å². The van der Waals surface area contributed by atoms with Gasteiger partial charge in [-0.2, -0.15) is 0 Å². The van der Waals surface area contributed by atoms with E-state index in [2.05, 4.69) is 53.5 Å². The first-order chi connectivity index (χ1) is 15.2. The summed E-state index contributed by atoms with van der Waals surface area (Å²) in [6.45, 7) is 5.98. The average molecular weight is 438 g/mol. The maximum atomic E-state index is 5.50. The van der Waals surface area contributed by atoms with Crippen molar-refractivity contribution in [1.82, 2.24) is 19.8 Å². The van der Waals surface area contributed by atoms with Crippen molar-refractivity contribution in [3.8, 4) is 0 Å². The molecular weight excluding hydrogens is 406 g/mol. The molecule has 1 N–H and O–H groups in total. The molecule has 5 rings (SSSR count). The summed E-state index contributed by atoms with van der Waals surface area (Å²) in [5, 5.41) is 4.96. The lowest BCUT2D eigenvalue weighted by Crippen LogP contribution is -2.36. The molecule has 0 unspecified atom stereocenters. The summed E-state index contributed by atoms with van der Waals surface area (Å²) in [6.07, 6.45) is 3.57. The summed E-state index contributed by atoms with van der Waals surface area (Å²) in [4.78, 5) is 17.3. The van der Waals surface area contributed by atoms with Crippen molar-refractivity contribution >= 4 is 27.4 Å². The van der Waals surface area contributed by atoms with Gasteiger partial charge in [0.2, 0.25) is 0 Å². The van der Waals surface area contributed by atoms with Crippen LogP contribution in [0.1, 0.15) is 33.8 Å². The molecular formula is C24H31N5OS. The van der Waals surface area contributed by atoms with Crippen molar-refractivity contribution in [2.45, 2.75) is 38.9 Å². The number of hydrogen-bond acceptors (Lipinski definition) is 7. The summed E-state index contributed by atoms with van der Waals surface area (Å²) >= 11 is 1.87. The number of hydrogen-bond donors (Lipinski definition) is 1. The quantitative estimate of drug-likeness (QED) is 0.609. The molecule has 3 aromatic rings. The largest absolute Gasteiger partial charge is 0.379 e. The Morgan fingerprint density at radius 1 is 1.10 bits per heavy atom. The zero-order valence-electron chi connectivity index (χ0n) is 18.5. The molecule has 6 nitrogen and oxygen atoms in total. The van der Waals surface area contributed by atoms with Gasteiger partial charge in [-0.25, -0.2) is 9.97 Å². The maximum Gasteiger partial charge on any atom is 0.146 e. The number of aromatic nitrogens is 2. The van der Waals surface area contributed by atoms with E-state index < -0.39 is 0 Å². The molecule has 0 amide bonds. The number of aryl methyl sites for hydroxylation is 2. The molecule has 0 radical (unpaired) electrons. The lowest BCUT2D eigenvalue weighted by Gasteiger charge is -2.26. The number of nitrogens with one attached hydrogen (secondary N) is 1. The molecule has 7 heteroatoms. The Kier molecular flexibility index (Phi) is 6.18. The van der Waals surface area contributed by atoms with E-state index in [9.17, 15) is 0 Å². The Morgan fingerprint density at radius 2 is 1.90 bits per heavy atom. The van der Waals surface area contributed by atoms with Crippen LogP contribution < -0.4 is 5.32 Å². The van der Waals surface area contributed by atoms with Gasteiger partial charge in [0.15, 0.2) is 0 Å². The molecule has 2 aromatic heterocycles. The van der Waals surface area contributed by atoms with E-state index in [0.29, 0.717) is 0 Å². The van der Waals surface area contributed by atoms with Crippen LogP contribution in [0.4, 0.5) is 5.82 Å². The first-order valence-electron chi connectivity index (χ1n) is 11.2. The van der Waals surface area contributed by atoms with Crippen LogP contribution in [0.5, 0.6) is 0 Å². The average Bonchev–Trinajstić information content (AvgIpc) is 3.34. The Balaban J connectivity index is 1.45. The summed E-state index contributed by atoms with van der Waals surface area (Å²) in [7, 11) is 4.23. The van der Waals surface area contributed by atoms with Gasteiger partial charge in [-0.15, -0.1) is 11.3 Å². The number of ether oxygens (including phenoxy) is 1. The fourth-order valence-corrected chi connectivity index (χ4v) is 5.88. The molecule has 0 spiro atoms. The number of benzene rings is 1. The van der Waals surface area contributed by atoms with E-state index in [-0.39, 0.29) is 0 Å². The maximum absolute atomic E-state index is 5.50. The Labute approximate surface area is 188 Å². The number of morpholine rings is 1. The monoisotopic (exact) mass is 437 g/mol. The fourth-order valence-electron chi connectivity index (χ4n) is 4.60. The molecule has 1 aliphatic carbocycles. The number of thiophene rings is 1. The number of nitrogens with zero attached hydrogens (tertiary/aromatic N) is 4. The van der Waals surface area contributed by atoms with Crippen molar-refractivity contribution in [1.29, 1.82) is 0 Å². The topological polar surface area (TPSA) is 53.5 Å². The summed E-state index contributed by atoms with van der Waals surface area (Å²) in [6, 6.07) is 8.69. The van der Waals surface area contributed by atoms with Crippen LogP contribution in [-0.4, -0.2) is 60.2 Å². The van der Waals surface area contributed by atoms with E-state index in [4.69, 9.17) is 14.7 Å². The van der Waals surface area contributed by atoms with E-state index >= 15 is 0 Å². The third kappa shape index (κ3) is 4.60. The first-order valence-corrected chi connectivity index (χ1v) is 12.1. The van der Waals surface area contributed by atoms with Gasteiger partial charge < -0.3 is 15.0 Å². The molecule has 1 fully saturated rings.